The highest BCUT2D eigenvalue weighted by atomic mass is 32.2. The molecule has 1 aromatic carbocycles. The molecule has 0 saturated carbocycles. The van der Waals surface area contributed by atoms with Crippen molar-refractivity contribution in [2.24, 2.45) is 5.73 Å². The Morgan fingerprint density at radius 2 is 2.26 bits per heavy atom. The Hall–Kier alpha value is -1.37. The van der Waals surface area contributed by atoms with Crippen molar-refractivity contribution in [2.75, 3.05) is 0 Å². The predicted molar refractivity (Wildman–Crippen MR) is 76.9 cm³/mol. The van der Waals surface area contributed by atoms with Gasteiger partial charge in [0, 0.05) is 11.4 Å². The summed E-state index contributed by atoms with van der Waals surface area (Å²) < 4.78 is 1.02. The van der Waals surface area contributed by atoms with Crippen LogP contribution in [0.5, 0.6) is 0 Å². The van der Waals surface area contributed by atoms with Crippen molar-refractivity contribution in [3.8, 4) is 0 Å². The maximum atomic E-state index is 11.1. The molecule has 19 heavy (non-hydrogen) atoms. The van der Waals surface area contributed by atoms with Gasteiger partial charge in [0.25, 0.3) is 0 Å². The van der Waals surface area contributed by atoms with Crippen LogP contribution in [0.2, 0.25) is 0 Å². The maximum Gasteiger partial charge on any atom is 0.335 e. The molecule has 2 aromatic rings. The third kappa shape index (κ3) is 3.56. The number of carboxylic acid groups (broad SMARTS) is 1. The van der Waals surface area contributed by atoms with Crippen molar-refractivity contribution in [1.29, 1.82) is 0 Å². The van der Waals surface area contributed by atoms with Crippen LogP contribution in [0.4, 0.5) is 0 Å². The fourth-order valence-corrected chi connectivity index (χ4v) is 3.60. The number of carboxylic acids is 1. The van der Waals surface area contributed by atoms with Crippen molar-refractivity contribution in [1.82, 2.24) is 4.98 Å². The summed E-state index contributed by atoms with van der Waals surface area (Å²) in [6, 6.07) is 5.41. The molecule has 6 heteroatoms. The normalized spacial score (nSPS) is 10.6. The SMILES string of the molecule is CCc1cc(Sc2cnc(CN)s2)cc(C(=O)O)c1. The summed E-state index contributed by atoms with van der Waals surface area (Å²) in [7, 11) is 0. The third-order valence-corrected chi connectivity index (χ3v) is 4.64. The van der Waals surface area contributed by atoms with Crippen LogP contribution in [0.1, 0.15) is 27.9 Å². The molecule has 0 spiro atoms. The van der Waals surface area contributed by atoms with Crippen molar-refractivity contribution in [3.05, 3.63) is 40.5 Å². The number of aromatic carboxylic acids is 1. The van der Waals surface area contributed by atoms with Crippen LogP contribution in [-0.2, 0) is 13.0 Å². The van der Waals surface area contributed by atoms with Gasteiger partial charge in [0.05, 0.1) is 16.0 Å². The van der Waals surface area contributed by atoms with Crippen molar-refractivity contribution < 1.29 is 9.90 Å². The van der Waals surface area contributed by atoms with E-state index < -0.39 is 5.97 Å². The van der Waals surface area contributed by atoms with E-state index in [0.717, 1.165) is 26.1 Å². The smallest absolute Gasteiger partial charge is 0.335 e. The van der Waals surface area contributed by atoms with E-state index in [1.54, 1.807) is 18.3 Å². The van der Waals surface area contributed by atoms with E-state index in [4.69, 9.17) is 10.8 Å². The molecule has 0 fully saturated rings. The summed E-state index contributed by atoms with van der Waals surface area (Å²) in [5.74, 6) is -0.899. The van der Waals surface area contributed by atoms with Gasteiger partial charge in [-0.05, 0) is 30.2 Å². The number of nitrogens with two attached hydrogens (primary N) is 1. The van der Waals surface area contributed by atoms with E-state index in [9.17, 15) is 4.79 Å². The molecule has 0 aliphatic carbocycles. The predicted octanol–water partition coefficient (Wildman–Crippen LogP) is 3.01. The molecule has 0 radical (unpaired) electrons. The van der Waals surface area contributed by atoms with Crippen LogP contribution >= 0.6 is 23.1 Å². The molecule has 1 heterocycles. The van der Waals surface area contributed by atoms with Gasteiger partial charge < -0.3 is 10.8 Å². The average molecular weight is 294 g/mol. The highest BCUT2D eigenvalue weighted by Crippen LogP contribution is 2.33. The molecule has 0 atom stereocenters. The molecule has 0 amide bonds. The second-order valence-electron chi connectivity index (χ2n) is 3.90. The van der Waals surface area contributed by atoms with Gasteiger partial charge in [-0.25, -0.2) is 9.78 Å². The summed E-state index contributed by atoms with van der Waals surface area (Å²) in [5, 5.41) is 9.98. The number of aromatic nitrogens is 1. The summed E-state index contributed by atoms with van der Waals surface area (Å²) in [4.78, 5) is 16.2. The number of thiazole rings is 1. The number of benzene rings is 1. The Kier molecular flexibility index (Phi) is 4.57. The molecule has 0 bridgehead atoms. The maximum absolute atomic E-state index is 11.1. The Morgan fingerprint density at radius 3 is 2.84 bits per heavy atom. The lowest BCUT2D eigenvalue weighted by Gasteiger charge is -2.04. The summed E-state index contributed by atoms with van der Waals surface area (Å²) in [5.41, 5.74) is 6.87. The number of aryl methyl sites for hydroxylation is 1. The van der Waals surface area contributed by atoms with Crippen molar-refractivity contribution >= 4 is 29.1 Å². The Balaban J connectivity index is 2.28. The second kappa shape index (κ2) is 6.18. The lowest BCUT2D eigenvalue weighted by Crippen LogP contribution is -1.97. The van der Waals surface area contributed by atoms with Crippen LogP contribution in [0.15, 0.2) is 33.5 Å². The molecule has 0 saturated heterocycles. The first-order chi connectivity index (χ1) is 9.12. The van der Waals surface area contributed by atoms with Crippen LogP contribution < -0.4 is 5.73 Å². The van der Waals surface area contributed by atoms with Gasteiger partial charge >= 0.3 is 5.97 Å². The quantitative estimate of drug-likeness (QED) is 0.886. The van der Waals surface area contributed by atoms with Crippen LogP contribution in [-0.4, -0.2) is 16.1 Å². The van der Waals surface area contributed by atoms with Crippen LogP contribution in [0, 0.1) is 0 Å². The zero-order valence-corrected chi connectivity index (χ0v) is 12.1. The minimum absolute atomic E-state index is 0.324. The van der Waals surface area contributed by atoms with E-state index >= 15 is 0 Å². The number of rotatable bonds is 5. The zero-order valence-electron chi connectivity index (χ0n) is 10.4. The molecule has 0 unspecified atom stereocenters. The second-order valence-corrected chi connectivity index (χ2v) is 6.39. The number of nitrogens with zero attached hydrogens (tertiary/aromatic N) is 1. The molecule has 0 aliphatic rings. The van der Waals surface area contributed by atoms with Crippen LogP contribution in [0.25, 0.3) is 0 Å². The van der Waals surface area contributed by atoms with Gasteiger partial charge in [-0.1, -0.05) is 18.7 Å². The molecule has 2 rings (SSSR count). The fraction of sp³-hybridized carbons (Fsp3) is 0.231. The molecule has 4 nitrogen and oxygen atoms in total. The minimum Gasteiger partial charge on any atom is -0.478 e. The minimum atomic E-state index is -0.899. The fourth-order valence-electron chi connectivity index (χ4n) is 1.60. The van der Waals surface area contributed by atoms with Gasteiger partial charge in [0.15, 0.2) is 0 Å². The van der Waals surface area contributed by atoms with E-state index in [2.05, 4.69) is 4.98 Å². The largest absolute Gasteiger partial charge is 0.478 e. The highest BCUT2D eigenvalue weighted by Gasteiger charge is 2.09. The summed E-state index contributed by atoms with van der Waals surface area (Å²) >= 11 is 3.06. The molecular weight excluding hydrogens is 280 g/mol. The van der Waals surface area contributed by atoms with Crippen molar-refractivity contribution in [3.63, 3.8) is 0 Å². The lowest BCUT2D eigenvalue weighted by atomic mass is 10.1. The first kappa shape index (κ1) is 14.0. The number of hydrogen-bond acceptors (Lipinski definition) is 5. The van der Waals surface area contributed by atoms with Gasteiger partial charge in [-0.3, -0.25) is 0 Å². The van der Waals surface area contributed by atoms with Gasteiger partial charge in [-0.15, -0.1) is 11.3 Å². The van der Waals surface area contributed by atoms with E-state index in [0.29, 0.717) is 12.1 Å². The summed E-state index contributed by atoms with van der Waals surface area (Å²) in [6.07, 6.45) is 2.59. The summed E-state index contributed by atoms with van der Waals surface area (Å²) in [6.45, 7) is 2.44. The lowest BCUT2D eigenvalue weighted by molar-refractivity contribution is 0.0696. The monoisotopic (exact) mass is 294 g/mol. The van der Waals surface area contributed by atoms with Gasteiger partial charge in [0.1, 0.15) is 5.01 Å². The average Bonchev–Trinajstić information content (AvgIpc) is 2.85. The zero-order chi connectivity index (χ0) is 13.8. The topological polar surface area (TPSA) is 76.2 Å². The number of carbonyl (C=O) groups is 1. The standard InChI is InChI=1S/C13H14N2O2S2/c1-2-8-3-9(13(16)17)5-10(4-8)18-12-7-15-11(6-14)19-12/h3-5,7H,2,6,14H2,1H3,(H,16,17). The highest BCUT2D eigenvalue weighted by molar-refractivity contribution is 8.01. The molecule has 0 aliphatic heterocycles. The first-order valence-electron chi connectivity index (χ1n) is 5.82. The third-order valence-electron chi connectivity index (χ3n) is 2.55. The molecular formula is C13H14N2O2S2. The van der Waals surface area contributed by atoms with E-state index in [1.165, 1.54) is 23.1 Å². The Bertz CT molecular complexity index is 596. The van der Waals surface area contributed by atoms with Crippen molar-refractivity contribution in [2.45, 2.75) is 29.0 Å². The number of hydrogen-bond donors (Lipinski definition) is 2. The van der Waals surface area contributed by atoms with Gasteiger partial charge in [-0.2, -0.15) is 0 Å². The molecule has 3 N–H and O–H groups in total. The molecule has 100 valence electrons. The van der Waals surface area contributed by atoms with E-state index in [-0.39, 0.29) is 0 Å². The van der Waals surface area contributed by atoms with E-state index in [1.807, 2.05) is 13.0 Å². The van der Waals surface area contributed by atoms with Crippen LogP contribution in [0.3, 0.4) is 0 Å². The van der Waals surface area contributed by atoms with Gasteiger partial charge in [0.2, 0.25) is 0 Å². The Labute approximate surface area is 119 Å². The molecule has 1 aromatic heterocycles. The Morgan fingerprint density at radius 1 is 1.47 bits per heavy atom. The first-order valence-corrected chi connectivity index (χ1v) is 7.45.